The molecule has 0 bridgehead atoms. The summed E-state index contributed by atoms with van der Waals surface area (Å²) < 4.78 is 2.12. The Morgan fingerprint density at radius 2 is 2.09 bits per heavy atom. The minimum absolute atomic E-state index is 0.125. The SMILES string of the molecule is CN(Cc1ccc(Br)s1)C(=O)Cn1nnc2ccccc2c1=O. The number of rotatable bonds is 4. The summed E-state index contributed by atoms with van der Waals surface area (Å²) in [6, 6.07) is 10.9. The van der Waals surface area contributed by atoms with Crippen molar-refractivity contribution in [2.75, 3.05) is 7.05 Å². The number of likely N-dealkylation sites (N-methyl/N-ethyl adjacent to an activating group) is 1. The molecule has 8 heteroatoms. The van der Waals surface area contributed by atoms with E-state index in [4.69, 9.17) is 0 Å². The fourth-order valence-corrected chi connectivity index (χ4v) is 3.67. The highest BCUT2D eigenvalue weighted by atomic mass is 79.9. The fraction of sp³-hybridized carbons (Fsp3) is 0.200. The number of hydrogen-bond acceptors (Lipinski definition) is 5. The molecule has 1 amide bonds. The van der Waals surface area contributed by atoms with E-state index in [0.717, 1.165) is 13.3 Å². The van der Waals surface area contributed by atoms with Gasteiger partial charge in [0.25, 0.3) is 5.56 Å². The smallest absolute Gasteiger partial charge is 0.278 e. The van der Waals surface area contributed by atoms with Gasteiger partial charge in [-0.05, 0) is 40.2 Å². The van der Waals surface area contributed by atoms with Gasteiger partial charge in [0, 0.05) is 11.9 Å². The first-order chi connectivity index (χ1) is 11.0. The number of thiophene rings is 1. The first-order valence-electron chi connectivity index (χ1n) is 6.85. The predicted octanol–water partition coefficient (Wildman–Crippen LogP) is 2.27. The van der Waals surface area contributed by atoms with Crippen LogP contribution in [-0.2, 0) is 17.9 Å². The second-order valence-electron chi connectivity index (χ2n) is 5.03. The van der Waals surface area contributed by atoms with E-state index >= 15 is 0 Å². The lowest BCUT2D eigenvalue weighted by atomic mass is 10.2. The Hall–Kier alpha value is -2.06. The molecule has 0 aliphatic carbocycles. The number of benzene rings is 1. The van der Waals surface area contributed by atoms with Crippen LogP contribution >= 0.6 is 27.3 Å². The van der Waals surface area contributed by atoms with E-state index in [1.165, 1.54) is 0 Å². The molecule has 3 aromatic rings. The monoisotopic (exact) mass is 392 g/mol. The Labute approximate surface area is 144 Å². The van der Waals surface area contributed by atoms with Crippen molar-refractivity contribution in [3.05, 3.63) is 55.4 Å². The maximum atomic E-state index is 12.3. The van der Waals surface area contributed by atoms with Crippen molar-refractivity contribution in [1.82, 2.24) is 19.9 Å². The van der Waals surface area contributed by atoms with Crippen LogP contribution in [0.5, 0.6) is 0 Å². The van der Waals surface area contributed by atoms with E-state index in [0.29, 0.717) is 17.4 Å². The molecule has 0 spiro atoms. The summed E-state index contributed by atoms with van der Waals surface area (Å²) in [6.07, 6.45) is 0. The molecule has 0 N–H and O–H groups in total. The third kappa shape index (κ3) is 3.48. The second kappa shape index (κ2) is 6.59. The maximum Gasteiger partial charge on any atom is 0.278 e. The molecule has 0 atom stereocenters. The maximum absolute atomic E-state index is 12.3. The van der Waals surface area contributed by atoms with Crippen molar-refractivity contribution in [3.8, 4) is 0 Å². The van der Waals surface area contributed by atoms with Gasteiger partial charge in [-0.15, -0.1) is 16.4 Å². The van der Waals surface area contributed by atoms with E-state index in [1.807, 2.05) is 12.1 Å². The highest BCUT2D eigenvalue weighted by Gasteiger charge is 2.14. The van der Waals surface area contributed by atoms with Crippen LogP contribution in [0.1, 0.15) is 4.88 Å². The molecule has 2 aromatic heterocycles. The zero-order valence-electron chi connectivity index (χ0n) is 12.3. The van der Waals surface area contributed by atoms with Crippen LogP contribution in [0.3, 0.4) is 0 Å². The Kier molecular flexibility index (Phi) is 4.53. The number of carbonyl (C=O) groups is 1. The van der Waals surface area contributed by atoms with Gasteiger partial charge in [-0.2, -0.15) is 0 Å². The van der Waals surface area contributed by atoms with E-state index < -0.39 is 0 Å². The summed E-state index contributed by atoms with van der Waals surface area (Å²) in [4.78, 5) is 27.3. The number of carbonyl (C=O) groups excluding carboxylic acids is 1. The Morgan fingerprint density at radius 1 is 1.30 bits per heavy atom. The molecular weight excluding hydrogens is 380 g/mol. The van der Waals surface area contributed by atoms with Gasteiger partial charge in [-0.3, -0.25) is 9.59 Å². The number of halogens is 1. The van der Waals surface area contributed by atoms with Crippen LogP contribution in [0.4, 0.5) is 0 Å². The van der Waals surface area contributed by atoms with E-state index in [1.54, 1.807) is 47.5 Å². The first kappa shape index (κ1) is 15.8. The summed E-state index contributed by atoms with van der Waals surface area (Å²) >= 11 is 4.97. The molecule has 23 heavy (non-hydrogen) atoms. The average molecular weight is 393 g/mol. The molecule has 0 aliphatic rings. The number of hydrogen-bond donors (Lipinski definition) is 0. The Morgan fingerprint density at radius 3 is 2.83 bits per heavy atom. The van der Waals surface area contributed by atoms with Crippen LogP contribution in [0.25, 0.3) is 10.9 Å². The minimum Gasteiger partial charge on any atom is -0.339 e. The first-order valence-corrected chi connectivity index (χ1v) is 8.46. The molecule has 0 fully saturated rings. The number of fused-ring (bicyclic) bond motifs is 1. The average Bonchev–Trinajstić information content (AvgIpc) is 2.95. The van der Waals surface area contributed by atoms with Gasteiger partial charge in [-0.25, -0.2) is 4.68 Å². The van der Waals surface area contributed by atoms with Crippen LogP contribution in [0.15, 0.2) is 45.0 Å². The highest BCUT2D eigenvalue weighted by molar-refractivity contribution is 9.11. The highest BCUT2D eigenvalue weighted by Crippen LogP contribution is 2.22. The molecule has 0 saturated heterocycles. The molecule has 6 nitrogen and oxygen atoms in total. The largest absolute Gasteiger partial charge is 0.339 e. The van der Waals surface area contributed by atoms with Gasteiger partial charge >= 0.3 is 0 Å². The molecule has 0 saturated carbocycles. The lowest BCUT2D eigenvalue weighted by molar-refractivity contribution is -0.131. The molecule has 0 unspecified atom stereocenters. The van der Waals surface area contributed by atoms with Crippen molar-refractivity contribution in [3.63, 3.8) is 0 Å². The third-order valence-corrected chi connectivity index (χ3v) is 4.97. The predicted molar refractivity (Wildman–Crippen MR) is 92.3 cm³/mol. The third-order valence-electron chi connectivity index (χ3n) is 3.36. The Bertz CT molecular complexity index is 921. The second-order valence-corrected chi connectivity index (χ2v) is 7.57. The standard InChI is InChI=1S/C15H13BrN4O2S/c1-19(8-10-6-7-13(16)23-10)14(21)9-20-15(22)11-4-2-3-5-12(11)17-18-20/h2-7H,8-9H2,1H3. The fourth-order valence-electron chi connectivity index (χ4n) is 2.13. The molecule has 0 aliphatic heterocycles. The molecule has 2 heterocycles. The van der Waals surface area contributed by atoms with Crippen molar-refractivity contribution in [1.29, 1.82) is 0 Å². The van der Waals surface area contributed by atoms with E-state index in [2.05, 4.69) is 26.2 Å². The topological polar surface area (TPSA) is 68.1 Å². The van der Waals surface area contributed by atoms with E-state index in [9.17, 15) is 9.59 Å². The quantitative estimate of drug-likeness (QED) is 0.682. The van der Waals surface area contributed by atoms with Crippen LogP contribution in [0, 0.1) is 0 Å². The molecule has 118 valence electrons. The summed E-state index contributed by atoms with van der Waals surface area (Å²) in [6.45, 7) is 0.366. The van der Waals surface area contributed by atoms with Gasteiger partial charge < -0.3 is 4.90 Å². The van der Waals surface area contributed by atoms with Crippen LogP contribution in [-0.4, -0.2) is 32.8 Å². The molecule has 3 rings (SSSR count). The van der Waals surface area contributed by atoms with E-state index in [-0.39, 0.29) is 18.0 Å². The molecule has 0 radical (unpaired) electrons. The van der Waals surface area contributed by atoms with Gasteiger partial charge in [0.2, 0.25) is 5.91 Å². The molecule has 1 aromatic carbocycles. The number of amides is 1. The van der Waals surface area contributed by atoms with Crippen molar-refractivity contribution >= 4 is 44.1 Å². The summed E-state index contributed by atoms with van der Waals surface area (Å²) in [5.74, 6) is -0.193. The zero-order valence-corrected chi connectivity index (χ0v) is 14.7. The van der Waals surface area contributed by atoms with Gasteiger partial charge in [0.1, 0.15) is 12.1 Å². The normalized spacial score (nSPS) is 10.9. The van der Waals surface area contributed by atoms with Gasteiger partial charge in [-0.1, -0.05) is 17.3 Å². The van der Waals surface area contributed by atoms with Crippen molar-refractivity contribution in [2.24, 2.45) is 0 Å². The lowest BCUT2D eigenvalue weighted by Crippen LogP contribution is -2.35. The van der Waals surface area contributed by atoms with Crippen molar-refractivity contribution < 1.29 is 4.79 Å². The number of nitrogens with zero attached hydrogens (tertiary/aromatic N) is 4. The minimum atomic E-state index is -0.309. The number of aromatic nitrogens is 3. The van der Waals surface area contributed by atoms with Crippen molar-refractivity contribution in [2.45, 2.75) is 13.1 Å². The lowest BCUT2D eigenvalue weighted by Gasteiger charge is -2.16. The summed E-state index contributed by atoms with van der Waals surface area (Å²) in [5.41, 5.74) is 0.217. The zero-order chi connectivity index (χ0) is 16.4. The van der Waals surface area contributed by atoms with Gasteiger partial charge in [0.05, 0.1) is 15.7 Å². The van der Waals surface area contributed by atoms with Gasteiger partial charge in [0.15, 0.2) is 0 Å². The van der Waals surface area contributed by atoms with Crippen LogP contribution in [0.2, 0.25) is 0 Å². The summed E-state index contributed by atoms with van der Waals surface area (Å²) in [7, 11) is 1.70. The molecular formula is C15H13BrN4O2S. The van der Waals surface area contributed by atoms with Crippen LogP contribution < -0.4 is 5.56 Å². The Balaban J connectivity index is 1.77. The summed E-state index contributed by atoms with van der Waals surface area (Å²) in [5, 5.41) is 8.28.